The van der Waals surface area contributed by atoms with Gasteiger partial charge in [-0.05, 0) is 49.4 Å². The first kappa shape index (κ1) is 19.8. The molecular weight excluding hydrogens is 352 g/mol. The van der Waals surface area contributed by atoms with Crippen LogP contribution in [0.25, 0.3) is 0 Å². The second-order valence-corrected chi connectivity index (χ2v) is 6.65. The molecule has 0 unspecified atom stereocenters. The number of rotatable bonds is 9. The van der Waals surface area contributed by atoms with Crippen molar-refractivity contribution in [3.63, 3.8) is 0 Å². The van der Waals surface area contributed by atoms with E-state index in [4.69, 9.17) is 13.8 Å². The smallest absolute Gasteiger partial charge is 0.191 e. The molecule has 28 heavy (non-hydrogen) atoms. The largest absolute Gasteiger partial charge is 0.468 e. The van der Waals surface area contributed by atoms with Crippen molar-refractivity contribution >= 4 is 5.96 Å². The fraction of sp³-hybridized carbons (Fsp3) is 0.318. The number of nitrogens with one attached hydrogen (secondary N) is 2. The molecule has 3 rings (SSSR count). The maximum absolute atomic E-state index is 5.45. The molecule has 148 valence electrons. The van der Waals surface area contributed by atoms with Crippen molar-refractivity contribution in [1.29, 1.82) is 0 Å². The van der Waals surface area contributed by atoms with Crippen molar-refractivity contribution in [2.24, 2.45) is 4.99 Å². The Morgan fingerprint density at radius 3 is 2.29 bits per heavy atom. The van der Waals surface area contributed by atoms with Crippen molar-refractivity contribution in [3.8, 4) is 0 Å². The lowest BCUT2D eigenvalue weighted by atomic mass is 10.1. The zero-order valence-corrected chi connectivity index (χ0v) is 16.5. The van der Waals surface area contributed by atoms with E-state index in [1.165, 1.54) is 11.1 Å². The first-order valence-electron chi connectivity index (χ1n) is 9.57. The third-order valence-corrected chi connectivity index (χ3v) is 4.33. The number of hydrogen-bond acceptors (Lipinski definition) is 4. The van der Waals surface area contributed by atoms with Crippen molar-refractivity contribution in [2.75, 3.05) is 13.6 Å². The quantitative estimate of drug-likeness (QED) is 0.437. The minimum Gasteiger partial charge on any atom is -0.468 e. The molecule has 1 aromatic carbocycles. The van der Waals surface area contributed by atoms with Crippen LogP contribution in [-0.2, 0) is 26.2 Å². The predicted octanol–water partition coefficient (Wildman–Crippen LogP) is 3.76. The molecule has 0 radical (unpaired) electrons. The topological polar surface area (TPSA) is 65.9 Å². The van der Waals surface area contributed by atoms with Gasteiger partial charge in [-0.3, -0.25) is 4.90 Å². The van der Waals surface area contributed by atoms with Crippen molar-refractivity contribution in [2.45, 2.75) is 33.1 Å². The monoisotopic (exact) mass is 380 g/mol. The highest BCUT2D eigenvalue weighted by molar-refractivity contribution is 5.79. The summed E-state index contributed by atoms with van der Waals surface area (Å²) in [5.41, 5.74) is 2.48. The molecule has 0 fully saturated rings. The molecule has 0 saturated carbocycles. The molecule has 0 bridgehead atoms. The summed E-state index contributed by atoms with van der Waals surface area (Å²) in [6, 6.07) is 16.2. The Balaban J connectivity index is 1.62. The highest BCUT2D eigenvalue weighted by atomic mass is 16.3. The van der Waals surface area contributed by atoms with Gasteiger partial charge in [0.15, 0.2) is 5.96 Å². The van der Waals surface area contributed by atoms with E-state index in [1.54, 1.807) is 12.5 Å². The van der Waals surface area contributed by atoms with Crippen LogP contribution < -0.4 is 10.6 Å². The summed E-state index contributed by atoms with van der Waals surface area (Å²) in [6.45, 7) is 5.68. The van der Waals surface area contributed by atoms with Crippen LogP contribution in [0.3, 0.4) is 0 Å². The Kier molecular flexibility index (Phi) is 7.32. The molecule has 6 heteroatoms. The van der Waals surface area contributed by atoms with Gasteiger partial charge in [0.1, 0.15) is 11.5 Å². The molecule has 6 nitrogen and oxygen atoms in total. The van der Waals surface area contributed by atoms with E-state index in [0.717, 1.165) is 37.1 Å². The molecule has 0 amide bonds. The van der Waals surface area contributed by atoms with Gasteiger partial charge >= 0.3 is 0 Å². The average Bonchev–Trinajstić information content (AvgIpc) is 3.39. The Hall–Kier alpha value is -2.99. The van der Waals surface area contributed by atoms with E-state index in [2.05, 4.69) is 53.8 Å². The van der Waals surface area contributed by atoms with Crippen molar-refractivity contribution in [3.05, 3.63) is 83.7 Å². The fourth-order valence-electron chi connectivity index (χ4n) is 2.97. The fourth-order valence-corrected chi connectivity index (χ4v) is 2.97. The van der Waals surface area contributed by atoms with Crippen LogP contribution in [-0.4, -0.2) is 24.5 Å². The van der Waals surface area contributed by atoms with Crippen LogP contribution in [0, 0.1) is 0 Å². The standard InChI is InChI=1S/C22H28N4O2/c1-3-23-22(25-15-20-10-6-12-27-20)24-14-18-8-4-5-9-19(18)16-26(2)17-21-11-7-13-28-21/h4-13H,3,14-17H2,1-2H3,(H2,23,24,25). The van der Waals surface area contributed by atoms with Crippen LogP contribution >= 0.6 is 0 Å². The van der Waals surface area contributed by atoms with Gasteiger partial charge in [-0.2, -0.15) is 0 Å². The molecule has 0 spiro atoms. The predicted molar refractivity (Wildman–Crippen MR) is 111 cm³/mol. The van der Waals surface area contributed by atoms with Gasteiger partial charge in [-0.25, -0.2) is 4.99 Å². The third-order valence-electron chi connectivity index (χ3n) is 4.33. The molecule has 0 atom stereocenters. The van der Waals surface area contributed by atoms with Crippen molar-refractivity contribution < 1.29 is 8.83 Å². The minimum atomic E-state index is 0.604. The molecule has 3 aromatic rings. The Bertz CT molecular complexity index is 841. The van der Waals surface area contributed by atoms with Gasteiger partial charge in [-0.15, -0.1) is 0 Å². The Morgan fingerprint density at radius 1 is 0.893 bits per heavy atom. The van der Waals surface area contributed by atoms with Gasteiger partial charge in [-0.1, -0.05) is 24.3 Å². The molecule has 0 aliphatic heterocycles. The Morgan fingerprint density at radius 2 is 1.61 bits per heavy atom. The van der Waals surface area contributed by atoms with Gasteiger partial charge in [0.25, 0.3) is 0 Å². The SMILES string of the molecule is CCNC(=NCc1ccccc1CN(C)Cc1ccco1)NCc1ccco1. The zero-order valence-electron chi connectivity index (χ0n) is 16.5. The van der Waals surface area contributed by atoms with E-state index in [0.29, 0.717) is 13.1 Å². The molecular formula is C22H28N4O2. The van der Waals surface area contributed by atoms with Crippen LogP contribution in [0.15, 0.2) is 74.9 Å². The lowest BCUT2D eigenvalue weighted by Crippen LogP contribution is -2.36. The highest BCUT2D eigenvalue weighted by Gasteiger charge is 2.08. The number of nitrogens with zero attached hydrogens (tertiary/aromatic N) is 2. The second kappa shape index (κ2) is 10.4. The van der Waals surface area contributed by atoms with Gasteiger partial charge < -0.3 is 19.5 Å². The molecule has 0 saturated heterocycles. The highest BCUT2D eigenvalue weighted by Crippen LogP contribution is 2.14. The van der Waals surface area contributed by atoms with Gasteiger partial charge in [0, 0.05) is 13.1 Å². The molecule has 2 N–H and O–H groups in total. The molecule has 2 heterocycles. The summed E-state index contributed by atoms with van der Waals surface area (Å²) in [6.07, 6.45) is 3.39. The van der Waals surface area contributed by atoms with E-state index in [9.17, 15) is 0 Å². The van der Waals surface area contributed by atoms with Crippen LogP contribution in [0.5, 0.6) is 0 Å². The summed E-state index contributed by atoms with van der Waals surface area (Å²) in [7, 11) is 2.09. The number of hydrogen-bond donors (Lipinski definition) is 2. The van der Waals surface area contributed by atoms with Gasteiger partial charge in [0.2, 0.25) is 0 Å². The van der Waals surface area contributed by atoms with E-state index >= 15 is 0 Å². The molecule has 2 aromatic heterocycles. The summed E-state index contributed by atoms with van der Waals surface area (Å²) in [4.78, 5) is 6.98. The second-order valence-electron chi connectivity index (χ2n) is 6.65. The number of guanidine groups is 1. The van der Waals surface area contributed by atoms with Crippen LogP contribution in [0.4, 0.5) is 0 Å². The first-order valence-corrected chi connectivity index (χ1v) is 9.57. The summed E-state index contributed by atoms with van der Waals surface area (Å²) < 4.78 is 10.8. The normalized spacial score (nSPS) is 11.8. The van der Waals surface area contributed by atoms with E-state index in [-0.39, 0.29) is 0 Å². The van der Waals surface area contributed by atoms with Gasteiger partial charge in [0.05, 0.1) is 32.2 Å². The number of aliphatic imine (C=N–C) groups is 1. The zero-order chi connectivity index (χ0) is 19.6. The third kappa shape index (κ3) is 6.03. The van der Waals surface area contributed by atoms with Crippen molar-refractivity contribution in [1.82, 2.24) is 15.5 Å². The van der Waals surface area contributed by atoms with E-state index < -0.39 is 0 Å². The number of furan rings is 2. The maximum Gasteiger partial charge on any atom is 0.191 e. The maximum atomic E-state index is 5.45. The lowest BCUT2D eigenvalue weighted by Gasteiger charge is -2.17. The Labute approximate surface area is 166 Å². The average molecular weight is 380 g/mol. The molecule has 0 aliphatic rings. The first-order chi connectivity index (χ1) is 13.7. The molecule has 0 aliphatic carbocycles. The van der Waals surface area contributed by atoms with E-state index in [1.807, 2.05) is 24.3 Å². The lowest BCUT2D eigenvalue weighted by molar-refractivity contribution is 0.287. The summed E-state index contributed by atoms with van der Waals surface area (Å²) in [5.74, 6) is 2.62. The summed E-state index contributed by atoms with van der Waals surface area (Å²) in [5, 5.41) is 6.59. The van der Waals surface area contributed by atoms with Crippen LogP contribution in [0.2, 0.25) is 0 Å². The van der Waals surface area contributed by atoms with Crippen LogP contribution in [0.1, 0.15) is 29.6 Å². The minimum absolute atomic E-state index is 0.604. The summed E-state index contributed by atoms with van der Waals surface area (Å²) >= 11 is 0. The number of benzene rings is 1.